The molecule has 0 aliphatic rings. The molecule has 0 aliphatic carbocycles. The molecule has 0 saturated heterocycles. The molecule has 0 bridgehead atoms. The Labute approximate surface area is 179 Å². The molecule has 0 amide bonds. The zero-order valence-electron chi connectivity index (χ0n) is 15.2. The van der Waals surface area contributed by atoms with Gasteiger partial charge in [-0.15, -0.1) is 5.10 Å². The molecule has 6 nitrogen and oxygen atoms in total. The molecule has 0 radical (unpaired) electrons. The molecule has 1 aromatic carbocycles. The molecule has 4 heterocycles. The molecule has 156 valence electrons. The molecule has 31 heavy (non-hydrogen) atoms. The minimum atomic E-state index is -4.51. The van der Waals surface area contributed by atoms with Crippen molar-refractivity contribution in [2.24, 2.45) is 0 Å². The molecule has 5 aromatic rings. The van der Waals surface area contributed by atoms with Gasteiger partial charge in [-0.1, -0.05) is 22.9 Å². The zero-order chi connectivity index (χ0) is 21.8. The van der Waals surface area contributed by atoms with Crippen LogP contribution in [0, 0.1) is 0 Å². The molecule has 5 rings (SSSR count). The summed E-state index contributed by atoms with van der Waals surface area (Å²) in [6.07, 6.45) is -1.56. The third kappa shape index (κ3) is 3.53. The first-order chi connectivity index (χ1) is 14.8. The number of rotatable bonds is 3. The van der Waals surface area contributed by atoms with Crippen molar-refractivity contribution in [3.63, 3.8) is 0 Å². The highest BCUT2D eigenvalue weighted by atomic mass is 35.5. The van der Waals surface area contributed by atoms with Gasteiger partial charge in [-0.3, -0.25) is 4.79 Å². The maximum atomic E-state index is 13.0. The molecule has 0 atom stereocenters. The smallest absolute Gasteiger partial charge is 0.416 e. The average Bonchev–Trinajstić information content (AvgIpc) is 3.49. The molecule has 0 saturated carbocycles. The normalized spacial score (nSPS) is 12.8. The van der Waals surface area contributed by atoms with Crippen molar-refractivity contribution < 1.29 is 22.0 Å². The van der Waals surface area contributed by atoms with Crippen LogP contribution in [-0.2, 0) is 6.18 Å². The molecular formula is C20H9ClF3N3O3S. The van der Waals surface area contributed by atoms with Crippen LogP contribution < -0.4 is 10.1 Å². The van der Waals surface area contributed by atoms with Crippen molar-refractivity contribution in [1.29, 1.82) is 0 Å². The Morgan fingerprint density at radius 1 is 1.13 bits per heavy atom. The van der Waals surface area contributed by atoms with E-state index in [0.29, 0.717) is 21.1 Å². The minimum absolute atomic E-state index is 0.101. The van der Waals surface area contributed by atoms with E-state index in [1.807, 2.05) is 0 Å². The fourth-order valence-electron chi connectivity index (χ4n) is 2.94. The molecule has 0 fully saturated rings. The second-order valence-corrected chi connectivity index (χ2v) is 7.83. The van der Waals surface area contributed by atoms with Crippen molar-refractivity contribution >= 4 is 34.0 Å². The predicted molar refractivity (Wildman–Crippen MR) is 108 cm³/mol. The van der Waals surface area contributed by atoms with Gasteiger partial charge in [0, 0.05) is 11.6 Å². The number of halogens is 4. The monoisotopic (exact) mass is 463 g/mol. The number of fused-ring (bicyclic) bond motifs is 1. The van der Waals surface area contributed by atoms with Gasteiger partial charge in [-0.05, 0) is 42.5 Å². The highest BCUT2D eigenvalue weighted by molar-refractivity contribution is 7.15. The van der Waals surface area contributed by atoms with Gasteiger partial charge < -0.3 is 8.83 Å². The van der Waals surface area contributed by atoms with Crippen LogP contribution in [0.2, 0.25) is 5.02 Å². The van der Waals surface area contributed by atoms with Gasteiger partial charge in [-0.25, -0.2) is 0 Å². The average molecular weight is 464 g/mol. The van der Waals surface area contributed by atoms with Crippen molar-refractivity contribution in [2.45, 2.75) is 6.18 Å². The van der Waals surface area contributed by atoms with Crippen LogP contribution in [0.5, 0.6) is 0 Å². The number of hydrogen-bond donors (Lipinski definition) is 0. The maximum absolute atomic E-state index is 13.0. The lowest BCUT2D eigenvalue weighted by atomic mass is 10.1. The summed E-state index contributed by atoms with van der Waals surface area (Å²) in [5, 5.41) is 4.26. The summed E-state index contributed by atoms with van der Waals surface area (Å²) in [4.78, 5) is 17.3. The van der Waals surface area contributed by atoms with Crippen LogP contribution in [0.25, 0.3) is 33.9 Å². The summed E-state index contributed by atoms with van der Waals surface area (Å²) in [5.74, 6) is 1.15. The summed E-state index contributed by atoms with van der Waals surface area (Å²) >= 11 is 7.15. The number of alkyl halides is 3. The van der Waals surface area contributed by atoms with Gasteiger partial charge in [0.2, 0.25) is 10.8 Å². The Morgan fingerprint density at radius 2 is 1.97 bits per heavy atom. The second-order valence-electron chi connectivity index (χ2n) is 6.42. The Morgan fingerprint density at radius 3 is 2.68 bits per heavy atom. The molecule has 0 spiro atoms. The molecule has 4 aromatic heterocycles. The molecule has 0 aliphatic heterocycles. The summed E-state index contributed by atoms with van der Waals surface area (Å²) in [7, 11) is 0. The third-order valence-corrected chi connectivity index (χ3v) is 5.67. The number of thiazole rings is 1. The van der Waals surface area contributed by atoms with E-state index in [1.54, 1.807) is 12.1 Å². The summed E-state index contributed by atoms with van der Waals surface area (Å²) in [5.41, 5.74) is -1.14. The molecule has 11 heteroatoms. The summed E-state index contributed by atoms with van der Waals surface area (Å²) < 4.78 is 51.3. The summed E-state index contributed by atoms with van der Waals surface area (Å²) in [6, 6.07) is 9.38. The molecule has 0 unspecified atom stereocenters. The zero-order valence-corrected chi connectivity index (χ0v) is 16.8. The standard InChI is InChI=1S/C20H9ClF3N3O3S/c21-13-5-3-10(20(22,23)24)8-12(13)14-6-4-11(30-14)9-16-18(28)27-19(31-16)25-17(26-27)15-2-1-7-29-15/h1-9H. The van der Waals surface area contributed by atoms with Crippen molar-refractivity contribution in [2.75, 3.05) is 0 Å². The first-order valence-electron chi connectivity index (χ1n) is 8.72. The Balaban J connectivity index is 1.52. The number of benzene rings is 1. The SMILES string of the molecule is O=c1c(=Cc2ccc(-c3cc(C(F)(F)F)ccc3Cl)o2)sc2nc(-c3ccco3)nn12. The van der Waals surface area contributed by atoms with Crippen LogP contribution in [0.3, 0.4) is 0 Å². The van der Waals surface area contributed by atoms with E-state index in [0.717, 1.165) is 34.1 Å². The van der Waals surface area contributed by atoms with E-state index in [2.05, 4.69) is 10.1 Å². The van der Waals surface area contributed by atoms with Crippen LogP contribution in [0.4, 0.5) is 13.2 Å². The number of nitrogens with zero attached hydrogens (tertiary/aromatic N) is 3. The van der Waals surface area contributed by atoms with E-state index in [9.17, 15) is 18.0 Å². The largest absolute Gasteiger partial charge is 0.461 e. The van der Waals surface area contributed by atoms with E-state index >= 15 is 0 Å². The highest BCUT2D eigenvalue weighted by Gasteiger charge is 2.31. The van der Waals surface area contributed by atoms with Crippen LogP contribution >= 0.6 is 22.9 Å². The van der Waals surface area contributed by atoms with E-state index in [1.165, 1.54) is 24.5 Å². The third-order valence-electron chi connectivity index (χ3n) is 4.38. The lowest BCUT2D eigenvalue weighted by molar-refractivity contribution is -0.137. The van der Waals surface area contributed by atoms with Gasteiger partial charge in [0.1, 0.15) is 16.1 Å². The van der Waals surface area contributed by atoms with Gasteiger partial charge >= 0.3 is 6.18 Å². The second kappa shape index (κ2) is 7.10. The van der Waals surface area contributed by atoms with Gasteiger partial charge in [0.05, 0.1) is 16.8 Å². The van der Waals surface area contributed by atoms with Crippen LogP contribution in [0.1, 0.15) is 11.3 Å². The van der Waals surface area contributed by atoms with Gasteiger partial charge in [0.15, 0.2) is 5.76 Å². The Bertz CT molecular complexity index is 1520. The van der Waals surface area contributed by atoms with Gasteiger partial charge in [0.25, 0.3) is 5.56 Å². The number of furan rings is 2. The quantitative estimate of drug-likeness (QED) is 0.381. The number of aromatic nitrogens is 3. The van der Waals surface area contributed by atoms with E-state index < -0.39 is 17.3 Å². The van der Waals surface area contributed by atoms with E-state index in [-0.39, 0.29) is 22.1 Å². The van der Waals surface area contributed by atoms with E-state index in [4.69, 9.17) is 20.4 Å². The fraction of sp³-hybridized carbons (Fsp3) is 0.0500. The first-order valence-corrected chi connectivity index (χ1v) is 9.91. The topological polar surface area (TPSA) is 73.5 Å². The van der Waals surface area contributed by atoms with Crippen molar-refractivity contribution in [1.82, 2.24) is 14.6 Å². The lowest BCUT2D eigenvalue weighted by Crippen LogP contribution is -2.23. The maximum Gasteiger partial charge on any atom is 0.416 e. The van der Waals surface area contributed by atoms with Crippen molar-refractivity contribution in [3.05, 3.63) is 80.0 Å². The molecule has 0 N–H and O–H groups in total. The fourth-order valence-corrected chi connectivity index (χ4v) is 4.04. The predicted octanol–water partition coefficient (Wildman–Crippen LogP) is 4.89. The molecular weight excluding hydrogens is 455 g/mol. The van der Waals surface area contributed by atoms with Crippen LogP contribution in [0.15, 0.2) is 62.4 Å². The Hall–Kier alpha value is -3.37. The lowest BCUT2D eigenvalue weighted by Gasteiger charge is -2.09. The minimum Gasteiger partial charge on any atom is -0.461 e. The highest BCUT2D eigenvalue weighted by Crippen LogP contribution is 2.36. The van der Waals surface area contributed by atoms with Gasteiger partial charge in [-0.2, -0.15) is 22.7 Å². The number of hydrogen-bond acceptors (Lipinski definition) is 6. The van der Waals surface area contributed by atoms with Crippen LogP contribution in [-0.4, -0.2) is 14.6 Å². The summed E-state index contributed by atoms with van der Waals surface area (Å²) in [6.45, 7) is 0. The van der Waals surface area contributed by atoms with Crippen molar-refractivity contribution in [3.8, 4) is 22.9 Å². The Kier molecular flexibility index (Phi) is 4.49. The first kappa shape index (κ1) is 19.6.